The summed E-state index contributed by atoms with van der Waals surface area (Å²) in [6.45, 7) is 39.7. The molecule has 6 saturated carbocycles. The van der Waals surface area contributed by atoms with Crippen molar-refractivity contribution in [1.82, 2.24) is 9.13 Å². The molecule has 12 aromatic rings. The molecule has 0 amide bonds. The van der Waals surface area contributed by atoms with Gasteiger partial charge in [-0.05, 0) is 316 Å². The van der Waals surface area contributed by atoms with Crippen LogP contribution >= 0.6 is 31.9 Å². The van der Waals surface area contributed by atoms with Gasteiger partial charge in [0.1, 0.15) is 0 Å². The van der Waals surface area contributed by atoms with Crippen LogP contribution in [0.25, 0.3) is 66.1 Å². The molecule has 0 N–H and O–H groups in total. The fourth-order valence-corrected chi connectivity index (χ4v) is 26.5. The molecule has 104 heavy (non-hydrogen) atoms. The second-order valence-electron chi connectivity index (χ2n) is 38.7. The van der Waals surface area contributed by atoms with Crippen LogP contribution < -0.4 is 0 Å². The van der Waals surface area contributed by atoms with Crippen LogP contribution in [0.2, 0.25) is 0 Å². The predicted molar refractivity (Wildman–Crippen MR) is 444 cm³/mol. The Hall–Kier alpha value is -7.24. The van der Waals surface area contributed by atoms with E-state index in [1.165, 1.54) is 247 Å². The van der Waals surface area contributed by atoms with Crippen molar-refractivity contribution < 1.29 is 0 Å². The molecule has 10 aromatic carbocycles. The minimum absolute atomic E-state index is 0.167. The second kappa shape index (κ2) is 21.3. The molecule has 2 heterocycles. The summed E-state index contributed by atoms with van der Waals surface area (Å²) >= 11 is 9.20. The van der Waals surface area contributed by atoms with Crippen molar-refractivity contribution in [2.24, 2.45) is 11.8 Å². The predicted octanol–water partition coefficient (Wildman–Crippen LogP) is 27.4. The highest BCUT2D eigenvalue weighted by Gasteiger charge is 2.51. The second-order valence-corrected chi connectivity index (χ2v) is 40.3. The Morgan fingerprint density at radius 2 is 0.548 bits per heavy atom. The standard InChI is InChI=1S/C100H102Br2N2/c1-91(2)69-21-17-18-22-70(69)92(3,4)79-55-83-65(51-77(79)91)66-52-78-80(56-84(66)103(83)63-31-27-61(28-32-63)99-43-37-57(38-44-99)39-45-99)96(11,12)75-49-59(25-35-73(75)93(78,5)6)60-26-36-74-76(50-60)98(15,16)86-82(95(74,9)10)54-68-67-53-81-85(97(13,14)72-24-20-19-23-71(72)94(81,7)8)87(101)89(67)104(90(68)88(86)102)64-33-29-62(30-34-64)100-46-40-58(41-47-100)42-48-100/h17-36,49-58H,37-48H2,1-16H3. The van der Waals surface area contributed by atoms with E-state index < -0.39 is 0 Å². The van der Waals surface area contributed by atoms with Gasteiger partial charge in [0.05, 0.1) is 22.1 Å². The van der Waals surface area contributed by atoms with E-state index in [2.05, 4.69) is 322 Å². The third-order valence-electron chi connectivity index (χ3n) is 30.8. The summed E-state index contributed by atoms with van der Waals surface area (Å²) in [6.07, 6.45) is 16.3. The lowest BCUT2D eigenvalue weighted by Gasteiger charge is -2.47. The SMILES string of the molecule is CC1(C)c2ccccc2C(C)(C)c2cc3c(cc21)c1cc2c(cc1n3-c1ccc(C34CCC(CC3)CC4)cc1)C(C)(C)c1cc(-c3ccc4c(c3)C(C)(C)c3c(cc5c6cc7c(c(Br)c6n(-c6ccc(C89CCC(CC8)CC9)cc6)c5c3Br)C(C)(C)c3ccccc3C7(C)C)C4(C)C)ccc1C2(C)C. The number of hydrogen-bond acceptors (Lipinski definition) is 0. The van der Waals surface area contributed by atoms with Crippen molar-refractivity contribution in [3.05, 3.63) is 279 Å². The average molecular weight is 1490 g/mol. The summed E-state index contributed by atoms with van der Waals surface area (Å²) in [5.74, 6) is 1.86. The molecule has 0 unspecified atom stereocenters. The molecule has 6 fully saturated rings. The number of rotatable bonds is 5. The highest BCUT2D eigenvalue weighted by atomic mass is 79.9. The molecule has 4 heteroatoms. The average Bonchev–Trinajstić information content (AvgIpc) is 1.40. The van der Waals surface area contributed by atoms with Crippen molar-refractivity contribution in [3.63, 3.8) is 0 Å². The van der Waals surface area contributed by atoms with Gasteiger partial charge in [0, 0.05) is 85.2 Å². The molecule has 10 aliphatic rings. The summed E-state index contributed by atoms with van der Waals surface area (Å²) in [4.78, 5) is 0. The summed E-state index contributed by atoms with van der Waals surface area (Å²) < 4.78 is 7.72. The van der Waals surface area contributed by atoms with Gasteiger partial charge in [-0.25, -0.2) is 0 Å². The van der Waals surface area contributed by atoms with Crippen LogP contribution in [0.1, 0.15) is 288 Å². The zero-order valence-electron chi connectivity index (χ0n) is 64.5. The zero-order chi connectivity index (χ0) is 72.1. The molecular formula is C100H102Br2N2. The fourth-order valence-electron chi connectivity index (χ4n) is 24.3. The first-order valence-electron chi connectivity index (χ1n) is 39.8. The van der Waals surface area contributed by atoms with Crippen molar-refractivity contribution in [1.29, 1.82) is 0 Å². The smallest absolute Gasteiger partial charge is 0.0686 e. The molecule has 10 aliphatic carbocycles. The van der Waals surface area contributed by atoms with Gasteiger partial charge >= 0.3 is 0 Å². The van der Waals surface area contributed by atoms with E-state index in [0.29, 0.717) is 10.8 Å². The van der Waals surface area contributed by atoms with E-state index in [1.807, 2.05) is 0 Å². The Balaban J connectivity index is 0.737. The summed E-state index contributed by atoms with van der Waals surface area (Å²) in [6, 6.07) is 69.5. The molecule has 526 valence electrons. The molecule has 0 radical (unpaired) electrons. The molecule has 0 aliphatic heterocycles. The van der Waals surface area contributed by atoms with Crippen molar-refractivity contribution in [2.75, 3.05) is 0 Å². The summed E-state index contributed by atoms with van der Waals surface area (Å²) in [5.41, 5.74) is 34.4. The fraction of sp³-hybridized carbons (Fsp3) is 0.400. The minimum atomic E-state index is -0.377. The lowest BCUT2D eigenvalue weighted by molar-refractivity contribution is 0.136. The Morgan fingerprint density at radius 1 is 0.269 bits per heavy atom. The van der Waals surface area contributed by atoms with Gasteiger partial charge in [-0.3, -0.25) is 0 Å². The summed E-state index contributed by atoms with van der Waals surface area (Å²) in [7, 11) is 0. The van der Waals surface area contributed by atoms with Gasteiger partial charge in [0.15, 0.2) is 0 Å². The van der Waals surface area contributed by atoms with E-state index in [1.54, 1.807) is 5.56 Å². The van der Waals surface area contributed by atoms with Crippen LogP contribution in [-0.4, -0.2) is 9.13 Å². The third-order valence-corrected chi connectivity index (χ3v) is 32.4. The topological polar surface area (TPSA) is 9.86 Å². The van der Waals surface area contributed by atoms with Gasteiger partial charge in [0.2, 0.25) is 0 Å². The number of hydrogen-bond donors (Lipinski definition) is 0. The number of halogens is 2. The number of aromatic nitrogens is 2. The zero-order valence-corrected chi connectivity index (χ0v) is 67.6. The Kier molecular flexibility index (Phi) is 13.6. The largest absolute Gasteiger partial charge is 0.309 e. The Morgan fingerprint density at radius 3 is 0.923 bits per heavy atom. The maximum atomic E-state index is 4.65. The Labute approximate surface area is 635 Å². The molecular weight excluding hydrogens is 1390 g/mol. The maximum absolute atomic E-state index is 4.65. The molecule has 0 atom stereocenters. The first-order chi connectivity index (χ1) is 49.3. The minimum Gasteiger partial charge on any atom is -0.309 e. The van der Waals surface area contributed by atoms with Gasteiger partial charge in [-0.1, -0.05) is 208 Å². The Bertz CT molecular complexity index is 5740. The molecule has 0 spiro atoms. The van der Waals surface area contributed by atoms with Crippen molar-refractivity contribution in [2.45, 2.75) is 242 Å². The lowest BCUT2D eigenvalue weighted by atomic mass is 9.58. The van der Waals surface area contributed by atoms with Crippen LogP contribution in [-0.2, 0) is 54.1 Å². The highest BCUT2D eigenvalue weighted by molar-refractivity contribution is 9.11. The molecule has 22 rings (SSSR count). The van der Waals surface area contributed by atoms with Crippen molar-refractivity contribution >= 4 is 75.5 Å². The van der Waals surface area contributed by atoms with E-state index in [0.717, 1.165) is 11.8 Å². The van der Waals surface area contributed by atoms with Gasteiger partial charge in [0.25, 0.3) is 0 Å². The molecule has 4 bridgehead atoms. The quantitative estimate of drug-likeness (QED) is 0.163. The van der Waals surface area contributed by atoms with Crippen LogP contribution in [0.15, 0.2) is 179 Å². The molecule has 2 aromatic heterocycles. The van der Waals surface area contributed by atoms with Crippen molar-refractivity contribution in [3.8, 4) is 22.5 Å². The van der Waals surface area contributed by atoms with Crippen LogP contribution in [0.4, 0.5) is 0 Å². The lowest BCUT2D eigenvalue weighted by Crippen LogP contribution is -2.37. The highest BCUT2D eigenvalue weighted by Crippen LogP contribution is 2.62. The first kappa shape index (κ1) is 66.2. The number of fused-ring (bicyclic) bond motifs is 20. The molecule has 2 nitrogen and oxygen atoms in total. The van der Waals surface area contributed by atoms with Crippen LogP contribution in [0.3, 0.4) is 0 Å². The normalized spacial score (nSPS) is 24.5. The van der Waals surface area contributed by atoms with Gasteiger partial charge in [-0.2, -0.15) is 0 Å². The van der Waals surface area contributed by atoms with E-state index in [4.69, 9.17) is 0 Å². The van der Waals surface area contributed by atoms with E-state index >= 15 is 0 Å². The van der Waals surface area contributed by atoms with E-state index in [9.17, 15) is 0 Å². The van der Waals surface area contributed by atoms with Crippen LogP contribution in [0, 0.1) is 11.8 Å². The van der Waals surface area contributed by atoms with Gasteiger partial charge < -0.3 is 9.13 Å². The third kappa shape index (κ3) is 8.52. The number of benzene rings is 10. The monoisotopic (exact) mass is 1490 g/mol. The van der Waals surface area contributed by atoms with Gasteiger partial charge in [-0.15, -0.1) is 0 Å². The van der Waals surface area contributed by atoms with Crippen LogP contribution in [0.5, 0.6) is 0 Å². The number of nitrogens with zero attached hydrogens (tertiary/aromatic N) is 2. The molecule has 0 saturated heterocycles. The van der Waals surface area contributed by atoms with E-state index in [-0.39, 0.29) is 43.3 Å². The summed E-state index contributed by atoms with van der Waals surface area (Å²) in [5, 5.41) is 5.30. The first-order valence-corrected chi connectivity index (χ1v) is 41.4. The maximum Gasteiger partial charge on any atom is 0.0686 e.